The minimum Gasteiger partial charge on any atom is -0.354 e. The number of nitrogens with two attached hydrogens (primary N) is 1. The van der Waals surface area contributed by atoms with Crippen molar-refractivity contribution in [2.75, 3.05) is 38.1 Å². The molecule has 1 aromatic heterocycles. The summed E-state index contributed by atoms with van der Waals surface area (Å²) in [5.74, 6) is 0.804. The lowest BCUT2D eigenvalue weighted by molar-refractivity contribution is -0.122. The zero-order chi connectivity index (χ0) is 17.6. The number of pyridine rings is 1. The Morgan fingerprint density at radius 3 is 2.52 bits per heavy atom. The number of amides is 1. The van der Waals surface area contributed by atoms with Crippen LogP contribution < -0.4 is 16.0 Å². The maximum atomic E-state index is 12.2. The van der Waals surface area contributed by atoms with Gasteiger partial charge in [0.1, 0.15) is 11.9 Å². The van der Waals surface area contributed by atoms with Crippen LogP contribution in [0, 0.1) is 0 Å². The van der Waals surface area contributed by atoms with E-state index in [0.29, 0.717) is 6.54 Å². The molecule has 132 valence electrons. The third-order valence-corrected chi connectivity index (χ3v) is 4.54. The van der Waals surface area contributed by atoms with E-state index in [9.17, 15) is 4.79 Å². The van der Waals surface area contributed by atoms with Crippen molar-refractivity contribution in [2.45, 2.75) is 12.6 Å². The van der Waals surface area contributed by atoms with E-state index in [1.54, 1.807) is 0 Å². The molecule has 1 atom stereocenters. The Balaban J connectivity index is 1.52. The zero-order valence-corrected chi connectivity index (χ0v) is 14.6. The first-order valence-electron chi connectivity index (χ1n) is 8.60. The van der Waals surface area contributed by atoms with Gasteiger partial charge < -0.3 is 20.9 Å². The second kappa shape index (κ2) is 8.09. The van der Waals surface area contributed by atoms with E-state index in [4.69, 9.17) is 5.73 Å². The van der Waals surface area contributed by atoms with E-state index in [0.717, 1.165) is 43.1 Å². The highest BCUT2D eigenvalue weighted by Crippen LogP contribution is 2.14. The molecule has 1 fully saturated rings. The average Bonchev–Trinajstić information content (AvgIpc) is 2.67. The fraction of sp³-hybridized carbons (Fsp3) is 0.368. The second-order valence-corrected chi connectivity index (χ2v) is 6.42. The molecule has 0 saturated carbocycles. The Morgan fingerprint density at radius 1 is 1.16 bits per heavy atom. The Kier molecular flexibility index (Phi) is 5.63. The first kappa shape index (κ1) is 17.4. The molecule has 3 N–H and O–H groups in total. The normalized spacial score (nSPS) is 16.5. The van der Waals surface area contributed by atoms with Crippen molar-refractivity contribution < 1.29 is 4.79 Å². The number of rotatable bonds is 5. The molecular formula is C19H25N5O. The molecule has 6 nitrogen and oxygen atoms in total. The number of anilines is 1. The summed E-state index contributed by atoms with van der Waals surface area (Å²) in [5, 5.41) is 2.88. The van der Waals surface area contributed by atoms with Gasteiger partial charge in [-0.25, -0.2) is 4.98 Å². The highest BCUT2D eigenvalue weighted by molar-refractivity contribution is 5.82. The molecule has 1 amide bonds. The van der Waals surface area contributed by atoms with Gasteiger partial charge in [0.05, 0.1) is 0 Å². The fourth-order valence-corrected chi connectivity index (χ4v) is 2.85. The van der Waals surface area contributed by atoms with Gasteiger partial charge in [-0.2, -0.15) is 0 Å². The van der Waals surface area contributed by atoms with E-state index in [1.807, 2.05) is 48.7 Å². The topological polar surface area (TPSA) is 74.5 Å². The highest BCUT2D eigenvalue weighted by Gasteiger charge is 2.16. The van der Waals surface area contributed by atoms with Crippen molar-refractivity contribution in [3.05, 3.63) is 59.8 Å². The van der Waals surface area contributed by atoms with Gasteiger partial charge in [-0.1, -0.05) is 36.4 Å². The van der Waals surface area contributed by atoms with E-state index >= 15 is 0 Å². The Morgan fingerprint density at radius 2 is 1.88 bits per heavy atom. The predicted molar refractivity (Wildman–Crippen MR) is 99.2 cm³/mol. The highest BCUT2D eigenvalue weighted by atomic mass is 16.2. The molecule has 1 aliphatic heterocycles. The standard InChI is InChI=1S/C19H25N5O/c1-23-9-11-24(12-10-23)17-8-7-15(13-21-17)14-22-19(25)18(20)16-5-3-2-4-6-16/h2-8,13,18H,9-12,14,20H2,1H3,(H,22,25). The van der Waals surface area contributed by atoms with Crippen molar-refractivity contribution >= 4 is 11.7 Å². The lowest BCUT2D eigenvalue weighted by Crippen LogP contribution is -2.44. The lowest BCUT2D eigenvalue weighted by Gasteiger charge is -2.33. The Labute approximate surface area is 148 Å². The molecule has 1 unspecified atom stereocenters. The summed E-state index contributed by atoms with van der Waals surface area (Å²) in [6.45, 7) is 4.51. The molecule has 25 heavy (non-hydrogen) atoms. The minimum atomic E-state index is -0.654. The molecule has 1 aromatic carbocycles. The summed E-state index contributed by atoms with van der Waals surface area (Å²) in [7, 11) is 2.14. The molecule has 3 rings (SSSR count). The number of hydrogen-bond donors (Lipinski definition) is 2. The number of carbonyl (C=O) groups is 1. The van der Waals surface area contributed by atoms with E-state index < -0.39 is 6.04 Å². The number of piperazine rings is 1. The van der Waals surface area contributed by atoms with Crippen LogP contribution in [0.2, 0.25) is 0 Å². The quantitative estimate of drug-likeness (QED) is 0.855. The van der Waals surface area contributed by atoms with E-state index in [2.05, 4.69) is 27.1 Å². The largest absolute Gasteiger partial charge is 0.354 e. The molecule has 0 bridgehead atoms. The maximum absolute atomic E-state index is 12.2. The minimum absolute atomic E-state index is 0.186. The van der Waals surface area contributed by atoms with Gasteiger partial charge >= 0.3 is 0 Å². The summed E-state index contributed by atoms with van der Waals surface area (Å²) in [6, 6.07) is 12.7. The van der Waals surface area contributed by atoms with E-state index in [1.165, 1.54) is 0 Å². The molecule has 1 saturated heterocycles. The number of aromatic nitrogens is 1. The smallest absolute Gasteiger partial charge is 0.241 e. The first-order chi connectivity index (χ1) is 12.1. The molecule has 6 heteroatoms. The average molecular weight is 339 g/mol. The Bertz CT molecular complexity index is 681. The number of nitrogens with one attached hydrogen (secondary N) is 1. The maximum Gasteiger partial charge on any atom is 0.241 e. The van der Waals surface area contributed by atoms with Crippen molar-refractivity contribution in [1.82, 2.24) is 15.2 Å². The Hall–Kier alpha value is -2.44. The molecular weight excluding hydrogens is 314 g/mol. The van der Waals surface area contributed by atoms with Crippen molar-refractivity contribution in [3.8, 4) is 0 Å². The number of benzene rings is 1. The SMILES string of the molecule is CN1CCN(c2ccc(CNC(=O)C(N)c3ccccc3)cn2)CC1. The number of carbonyl (C=O) groups excluding carboxylic acids is 1. The zero-order valence-electron chi connectivity index (χ0n) is 14.6. The van der Waals surface area contributed by atoms with Gasteiger partial charge in [-0.05, 0) is 24.2 Å². The van der Waals surface area contributed by atoms with Gasteiger partial charge in [0.15, 0.2) is 0 Å². The van der Waals surface area contributed by atoms with Crippen molar-refractivity contribution in [1.29, 1.82) is 0 Å². The number of nitrogens with zero attached hydrogens (tertiary/aromatic N) is 3. The molecule has 0 aliphatic carbocycles. The molecule has 0 spiro atoms. The lowest BCUT2D eigenvalue weighted by atomic mass is 10.1. The van der Waals surface area contributed by atoms with E-state index in [-0.39, 0.29) is 5.91 Å². The van der Waals surface area contributed by atoms with Gasteiger partial charge in [0.2, 0.25) is 5.91 Å². The summed E-state index contributed by atoms with van der Waals surface area (Å²) in [5.41, 5.74) is 7.77. The molecule has 0 radical (unpaired) electrons. The summed E-state index contributed by atoms with van der Waals surface area (Å²) < 4.78 is 0. The summed E-state index contributed by atoms with van der Waals surface area (Å²) in [4.78, 5) is 21.3. The van der Waals surface area contributed by atoms with Crippen LogP contribution in [0.1, 0.15) is 17.2 Å². The second-order valence-electron chi connectivity index (χ2n) is 6.42. The molecule has 2 aromatic rings. The van der Waals surface area contributed by atoms with Gasteiger partial charge in [0.25, 0.3) is 0 Å². The monoisotopic (exact) mass is 339 g/mol. The van der Waals surface area contributed by atoms with Crippen LogP contribution in [-0.4, -0.2) is 49.0 Å². The van der Waals surface area contributed by atoms with Crippen LogP contribution in [-0.2, 0) is 11.3 Å². The van der Waals surface area contributed by atoms with Crippen LogP contribution in [0.4, 0.5) is 5.82 Å². The predicted octanol–water partition coefficient (Wildman–Crippen LogP) is 1.15. The molecule has 2 heterocycles. The number of hydrogen-bond acceptors (Lipinski definition) is 5. The van der Waals surface area contributed by atoms with Gasteiger partial charge in [0, 0.05) is 38.9 Å². The van der Waals surface area contributed by atoms with Gasteiger partial charge in [-0.3, -0.25) is 4.79 Å². The third-order valence-electron chi connectivity index (χ3n) is 4.54. The van der Waals surface area contributed by atoms with Gasteiger partial charge in [-0.15, -0.1) is 0 Å². The molecule has 1 aliphatic rings. The van der Waals surface area contributed by atoms with Crippen molar-refractivity contribution in [3.63, 3.8) is 0 Å². The van der Waals surface area contributed by atoms with Crippen LogP contribution in [0.25, 0.3) is 0 Å². The summed E-state index contributed by atoms with van der Waals surface area (Å²) in [6.07, 6.45) is 1.82. The number of likely N-dealkylation sites (N-methyl/N-ethyl adjacent to an activating group) is 1. The van der Waals surface area contributed by atoms with Crippen molar-refractivity contribution in [2.24, 2.45) is 5.73 Å². The van der Waals surface area contributed by atoms with Crippen LogP contribution >= 0.6 is 0 Å². The van der Waals surface area contributed by atoms with Crippen LogP contribution in [0.5, 0.6) is 0 Å². The fourth-order valence-electron chi connectivity index (χ4n) is 2.85. The summed E-state index contributed by atoms with van der Waals surface area (Å²) >= 11 is 0. The van der Waals surface area contributed by atoms with Crippen LogP contribution in [0.15, 0.2) is 48.7 Å². The van der Waals surface area contributed by atoms with Crippen LogP contribution in [0.3, 0.4) is 0 Å². The third kappa shape index (κ3) is 4.55. The first-order valence-corrected chi connectivity index (χ1v) is 8.60.